The standard InChI is InChI=1S/C14H23NO2S/c1-5-8-15-13(10-18(4)16)12-9-11(2)6-7-14(12)17-3/h6-7,9,13,15H,5,8,10H2,1-4H3. The molecule has 1 aromatic carbocycles. The van der Waals surface area contributed by atoms with E-state index in [0.717, 1.165) is 24.3 Å². The second-order valence-corrected chi connectivity index (χ2v) is 5.97. The number of rotatable bonds is 7. The van der Waals surface area contributed by atoms with Crippen LogP contribution in [0.3, 0.4) is 0 Å². The fourth-order valence-electron chi connectivity index (χ4n) is 1.94. The van der Waals surface area contributed by atoms with Crippen LogP contribution in [0.4, 0.5) is 0 Å². The van der Waals surface area contributed by atoms with Crippen LogP contribution in [-0.4, -0.2) is 29.9 Å². The first-order chi connectivity index (χ1) is 8.58. The molecule has 0 bridgehead atoms. The summed E-state index contributed by atoms with van der Waals surface area (Å²) in [6, 6.07) is 6.20. The molecule has 4 heteroatoms. The second kappa shape index (κ2) is 7.54. The highest BCUT2D eigenvalue weighted by molar-refractivity contribution is 7.84. The van der Waals surface area contributed by atoms with E-state index in [-0.39, 0.29) is 6.04 Å². The maximum atomic E-state index is 11.5. The van der Waals surface area contributed by atoms with Gasteiger partial charge in [-0.25, -0.2) is 0 Å². The van der Waals surface area contributed by atoms with E-state index in [1.165, 1.54) is 5.56 Å². The molecule has 2 atom stereocenters. The minimum Gasteiger partial charge on any atom is -0.496 e. The molecule has 0 aromatic heterocycles. The Labute approximate surface area is 112 Å². The van der Waals surface area contributed by atoms with Crippen molar-refractivity contribution in [3.05, 3.63) is 29.3 Å². The summed E-state index contributed by atoms with van der Waals surface area (Å²) in [6.07, 6.45) is 2.80. The number of hydrogen-bond donors (Lipinski definition) is 1. The van der Waals surface area contributed by atoms with Crippen LogP contribution < -0.4 is 10.1 Å². The third kappa shape index (κ3) is 4.42. The molecule has 1 N–H and O–H groups in total. The zero-order valence-corrected chi connectivity index (χ0v) is 12.5. The first kappa shape index (κ1) is 15.2. The lowest BCUT2D eigenvalue weighted by Gasteiger charge is -2.20. The number of ether oxygens (including phenoxy) is 1. The Morgan fingerprint density at radius 3 is 2.72 bits per heavy atom. The molecular weight excluding hydrogens is 246 g/mol. The van der Waals surface area contributed by atoms with Crippen LogP contribution in [0.5, 0.6) is 5.75 Å². The smallest absolute Gasteiger partial charge is 0.123 e. The molecule has 3 nitrogen and oxygen atoms in total. The van der Waals surface area contributed by atoms with Gasteiger partial charge in [-0.15, -0.1) is 0 Å². The van der Waals surface area contributed by atoms with Gasteiger partial charge in [0.2, 0.25) is 0 Å². The summed E-state index contributed by atoms with van der Waals surface area (Å²) in [4.78, 5) is 0. The lowest BCUT2D eigenvalue weighted by atomic mass is 10.0. The van der Waals surface area contributed by atoms with E-state index in [4.69, 9.17) is 4.74 Å². The fraction of sp³-hybridized carbons (Fsp3) is 0.571. The van der Waals surface area contributed by atoms with Gasteiger partial charge in [-0.3, -0.25) is 4.21 Å². The Balaban J connectivity index is 3.01. The minimum absolute atomic E-state index is 0.0885. The summed E-state index contributed by atoms with van der Waals surface area (Å²) in [5.41, 5.74) is 2.29. The van der Waals surface area contributed by atoms with Crippen LogP contribution in [0.15, 0.2) is 18.2 Å². The maximum Gasteiger partial charge on any atom is 0.123 e. The number of methoxy groups -OCH3 is 1. The van der Waals surface area contributed by atoms with Crippen molar-refractivity contribution in [2.24, 2.45) is 0 Å². The van der Waals surface area contributed by atoms with Crippen molar-refractivity contribution in [3.8, 4) is 5.75 Å². The minimum atomic E-state index is -0.835. The summed E-state index contributed by atoms with van der Waals surface area (Å²) in [5.74, 6) is 1.47. The van der Waals surface area contributed by atoms with E-state index in [1.807, 2.05) is 12.1 Å². The van der Waals surface area contributed by atoms with Crippen molar-refractivity contribution in [1.29, 1.82) is 0 Å². The van der Waals surface area contributed by atoms with Crippen molar-refractivity contribution in [3.63, 3.8) is 0 Å². The Hall–Kier alpha value is -0.870. The average molecular weight is 269 g/mol. The number of benzene rings is 1. The van der Waals surface area contributed by atoms with Crippen molar-refractivity contribution >= 4 is 10.8 Å². The van der Waals surface area contributed by atoms with Crippen LogP contribution in [0, 0.1) is 6.92 Å². The van der Waals surface area contributed by atoms with Gasteiger partial charge in [0, 0.05) is 34.4 Å². The summed E-state index contributed by atoms with van der Waals surface area (Å²) in [6.45, 7) is 5.10. The molecule has 0 fully saturated rings. The van der Waals surface area contributed by atoms with Crippen molar-refractivity contribution in [2.45, 2.75) is 26.3 Å². The van der Waals surface area contributed by atoms with Crippen LogP contribution in [0.25, 0.3) is 0 Å². The van der Waals surface area contributed by atoms with E-state index < -0.39 is 10.8 Å². The lowest BCUT2D eigenvalue weighted by molar-refractivity contribution is 0.402. The summed E-state index contributed by atoms with van der Waals surface area (Å²) >= 11 is 0. The normalized spacial score (nSPS) is 14.2. The molecule has 0 aliphatic rings. The Bertz CT molecular complexity index is 407. The van der Waals surface area contributed by atoms with Crippen LogP contribution in [-0.2, 0) is 10.8 Å². The molecule has 18 heavy (non-hydrogen) atoms. The van der Waals surface area contributed by atoms with Gasteiger partial charge in [0.25, 0.3) is 0 Å². The van der Waals surface area contributed by atoms with Crippen molar-refractivity contribution in [2.75, 3.05) is 25.7 Å². The molecular formula is C14H23NO2S. The van der Waals surface area contributed by atoms with Gasteiger partial charge >= 0.3 is 0 Å². The summed E-state index contributed by atoms with van der Waals surface area (Å²) in [5, 5.41) is 3.45. The maximum absolute atomic E-state index is 11.5. The third-order valence-corrected chi connectivity index (χ3v) is 3.61. The molecule has 1 aromatic rings. The number of aryl methyl sites for hydroxylation is 1. The van der Waals surface area contributed by atoms with Crippen LogP contribution in [0.2, 0.25) is 0 Å². The summed E-state index contributed by atoms with van der Waals surface area (Å²) < 4.78 is 16.9. The zero-order valence-electron chi connectivity index (χ0n) is 11.7. The zero-order chi connectivity index (χ0) is 13.5. The first-order valence-electron chi connectivity index (χ1n) is 6.26. The largest absolute Gasteiger partial charge is 0.496 e. The van der Waals surface area contributed by atoms with E-state index >= 15 is 0 Å². The van der Waals surface area contributed by atoms with E-state index in [2.05, 4.69) is 25.2 Å². The van der Waals surface area contributed by atoms with Gasteiger partial charge in [-0.05, 0) is 26.0 Å². The Morgan fingerprint density at radius 1 is 1.44 bits per heavy atom. The summed E-state index contributed by atoms with van der Waals surface area (Å²) in [7, 11) is 0.840. The van der Waals surface area contributed by atoms with Crippen molar-refractivity contribution in [1.82, 2.24) is 5.32 Å². The molecule has 0 amide bonds. The molecule has 0 aliphatic carbocycles. The first-order valence-corrected chi connectivity index (χ1v) is 7.99. The van der Waals surface area contributed by atoms with Gasteiger partial charge in [0.1, 0.15) is 5.75 Å². The highest BCUT2D eigenvalue weighted by Crippen LogP contribution is 2.26. The van der Waals surface area contributed by atoms with E-state index in [9.17, 15) is 4.21 Å². The number of nitrogens with one attached hydrogen (secondary N) is 1. The van der Waals surface area contributed by atoms with E-state index in [0.29, 0.717) is 5.75 Å². The Kier molecular flexibility index (Phi) is 6.36. The van der Waals surface area contributed by atoms with E-state index in [1.54, 1.807) is 13.4 Å². The van der Waals surface area contributed by atoms with Gasteiger partial charge in [-0.2, -0.15) is 0 Å². The molecule has 102 valence electrons. The van der Waals surface area contributed by atoms with Gasteiger partial charge < -0.3 is 10.1 Å². The molecule has 2 unspecified atom stereocenters. The predicted molar refractivity (Wildman–Crippen MR) is 77.7 cm³/mol. The van der Waals surface area contributed by atoms with Crippen LogP contribution in [0.1, 0.15) is 30.5 Å². The molecule has 1 rings (SSSR count). The van der Waals surface area contributed by atoms with Gasteiger partial charge in [0.15, 0.2) is 0 Å². The predicted octanol–water partition coefficient (Wildman–Crippen LogP) is 2.42. The monoisotopic (exact) mass is 269 g/mol. The molecule has 0 heterocycles. The van der Waals surface area contributed by atoms with Gasteiger partial charge in [0.05, 0.1) is 7.11 Å². The quantitative estimate of drug-likeness (QED) is 0.826. The second-order valence-electron chi connectivity index (χ2n) is 4.49. The number of hydrogen-bond acceptors (Lipinski definition) is 3. The highest BCUT2D eigenvalue weighted by atomic mass is 32.2. The van der Waals surface area contributed by atoms with Crippen molar-refractivity contribution < 1.29 is 8.95 Å². The molecule has 0 spiro atoms. The molecule has 0 saturated heterocycles. The third-order valence-electron chi connectivity index (χ3n) is 2.80. The molecule has 0 aliphatic heterocycles. The van der Waals surface area contributed by atoms with Crippen LogP contribution >= 0.6 is 0 Å². The fourth-order valence-corrected chi connectivity index (χ4v) is 2.70. The Morgan fingerprint density at radius 2 is 2.17 bits per heavy atom. The lowest BCUT2D eigenvalue weighted by Crippen LogP contribution is -2.27. The average Bonchev–Trinajstić information content (AvgIpc) is 2.34. The topological polar surface area (TPSA) is 38.3 Å². The highest BCUT2D eigenvalue weighted by Gasteiger charge is 2.17. The van der Waals surface area contributed by atoms with Gasteiger partial charge in [-0.1, -0.05) is 24.6 Å². The molecule has 0 radical (unpaired) electrons. The molecule has 0 saturated carbocycles. The SMILES string of the molecule is CCCNC(CS(C)=O)c1cc(C)ccc1OC.